The molecule has 0 bridgehead atoms. The predicted octanol–water partition coefficient (Wildman–Crippen LogP) is 4.14. The molecular weight excluding hydrogens is 497 g/mol. The fraction of sp³-hybridized carbons (Fsp3) is 0.417. The van der Waals surface area contributed by atoms with Crippen LogP contribution in [0.4, 0.5) is 5.82 Å². The van der Waals surface area contributed by atoms with E-state index in [1.54, 1.807) is 13.2 Å². The molecule has 3 aromatic rings. The van der Waals surface area contributed by atoms with Crippen molar-refractivity contribution in [3.05, 3.63) is 70.3 Å². The van der Waals surface area contributed by atoms with Crippen molar-refractivity contribution in [2.45, 2.75) is 26.8 Å². The van der Waals surface area contributed by atoms with E-state index < -0.39 is 0 Å². The Balaban J connectivity index is 0.00000193. The Morgan fingerprint density at radius 2 is 1.65 bits per heavy atom. The van der Waals surface area contributed by atoms with E-state index in [0.29, 0.717) is 6.54 Å². The van der Waals surface area contributed by atoms with Crippen molar-refractivity contribution in [1.29, 1.82) is 0 Å². The monoisotopic (exact) mass is 529 g/mol. The molecule has 34 heavy (non-hydrogen) atoms. The zero-order valence-electron chi connectivity index (χ0n) is 19.8. The lowest BCUT2D eigenvalue weighted by molar-refractivity contribution is 0.247. The number of aryl methyl sites for hydroxylation is 2. The van der Waals surface area contributed by atoms with Crippen molar-refractivity contribution in [3.8, 4) is 11.4 Å². The lowest BCUT2D eigenvalue weighted by Gasteiger charge is -2.35. The van der Waals surface area contributed by atoms with E-state index in [2.05, 4.69) is 27.8 Å². The van der Waals surface area contributed by atoms with E-state index in [9.17, 15) is 4.79 Å². The lowest BCUT2D eigenvalue weighted by Crippen LogP contribution is -2.47. The molecule has 1 aliphatic heterocycles. The maximum absolute atomic E-state index is 12.6. The number of piperazine rings is 1. The second-order valence-electron chi connectivity index (χ2n) is 8.10. The highest BCUT2D eigenvalue weighted by atomic mass is 35.5. The fourth-order valence-corrected chi connectivity index (χ4v) is 4.28. The molecule has 1 fully saturated rings. The number of ether oxygens (including phenoxy) is 1. The normalized spacial score (nSPS) is 13.4. The summed E-state index contributed by atoms with van der Waals surface area (Å²) < 4.78 is 9.31. The minimum absolute atomic E-state index is 0. The quantitative estimate of drug-likeness (QED) is 0.460. The number of benzene rings is 1. The van der Waals surface area contributed by atoms with Crippen LogP contribution in [0, 0.1) is 13.8 Å². The highest BCUT2D eigenvalue weighted by Gasteiger charge is 2.18. The van der Waals surface area contributed by atoms with Crippen LogP contribution in [0.1, 0.15) is 17.7 Å². The van der Waals surface area contributed by atoms with Crippen molar-refractivity contribution in [3.63, 3.8) is 0 Å². The molecule has 1 aromatic carbocycles. The van der Waals surface area contributed by atoms with Crippen LogP contribution in [0.3, 0.4) is 0 Å². The molecule has 0 aliphatic carbocycles. The lowest BCUT2D eigenvalue weighted by atomic mass is 10.2. The van der Waals surface area contributed by atoms with E-state index in [1.807, 2.05) is 52.8 Å². The van der Waals surface area contributed by atoms with Gasteiger partial charge in [0.15, 0.2) is 0 Å². The standard InChI is InChI=1S/C24H31N5O2.3ClH/c1-19-9-10-25-23(17-19)27-15-13-26(14-16-27)11-6-12-28-24(30)18-20(2)29(28)21-7-4-5-8-22(21)31-3;;;/h4-5,7-10,17-18H,6,11-16H2,1-3H3;3*1H. The maximum Gasteiger partial charge on any atom is 0.267 e. The largest absolute Gasteiger partial charge is 0.494 e. The summed E-state index contributed by atoms with van der Waals surface area (Å²) in [4.78, 5) is 22.0. The van der Waals surface area contributed by atoms with Gasteiger partial charge in [-0.2, -0.15) is 0 Å². The molecule has 0 amide bonds. The number of methoxy groups -OCH3 is 1. The molecule has 7 nitrogen and oxygen atoms in total. The van der Waals surface area contributed by atoms with Crippen LogP contribution >= 0.6 is 37.2 Å². The number of hydrogen-bond donors (Lipinski definition) is 0. The van der Waals surface area contributed by atoms with Gasteiger partial charge in [-0.25, -0.2) is 9.67 Å². The number of hydrogen-bond acceptors (Lipinski definition) is 5. The van der Waals surface area contributed by atoms with Crippen molar-refractivity contribution >= 4 is 43.0 Å². The van der Waals surface area contributed by atoms with Crippen molar-refractivity contribution in [2.75, 3.05) is 44.7 Å². The van der Waals surface area contributed by atoms with Crippen LogP contribution in [0.25, 0.3) is 5.69 Å². The Hall–Kier alpha value is -2.19. The molecule has 2 aromatic heterocycles. The molecule has 188 valence electrons. The van der Waals surface area contributed by atoms with Gasteiger partial charge >= 0.3 is 0 Å². The minimum Gasteiger partial charge on any atom is -0.494 e. The summed E-state index contributed by atoms with van der Waals surface area (Å²) in [5.74, 6) is 1.83. The van der Waals surface area contributed by atoms with E-state index in [4.69, 9.17) is 4.74 Å². The fourth-order valence-electron chi connectivity index (χ4n) is 4.28. The Kier molecular flexibility index (Phi) is 12.0. The number of aromatic nitrogens is 3. The van der Waals surface area contributed by atoms with Crippen LogP contribution in [-0.4, -0.2) is 59.1 Å². The van der Waals surface area contributed by atoms with Gasteiger partial charge in [-0.3, -0.25) is 14.4 Å². The molecule has 4 rings (SSSR count). The number of anilines is 1. The number of pyridine rings is 1. The zero-order valence-corrected chi connectivity index (χ0v) is 22.3. The van der Waals surface area contributed by atoms with E-state index in [0.717, 1.165) is 62.1 Å². The van der Waals surface area contributed by atoms with E-state index >= 15 is 0 Å². The molecule has 0 atom stereocenters. The first-order valence-electron chi connectivity index (χ1n) is 10.9. The third-order valence-corrected chi connectivity index (χ3v) is 5.92. The molecule has 3 heterocycles. The number of nitrogens with zero attached hydrogens (tertiary/aromatic N) is 5. The molecule has 1 aliphatic rings. The van der Waals surface area contributed by atoms with Gasteiger partial charge < -0.3 is 9.64 Å². The highest BCUT2D eigenvalue weighted by Crippen LogP contribution is 2.23. The number of rotatable bonds is 7. The summed E-state index contributed by atoms with van der Waals surface area (Å²) in [5, 5.41) is 0. The predicted molar refractivity (Wildman–Crippen MR) is 145 cm³/mol. The third kappa shape index (κ3) is 6.69. The van der Waals surface area contributed by atoms with Gasteiger partial charge in [-0.05, 0) is 50.1 Å². The summed E-state index contributed by atoms with van der Waals surface area (Å²) in [5.41, 5.74) is 3.07. The summed E-state index contributed by atoms with van der Waals surface area (Å²) in [7, 11) is 1.66. The smallest absolute Gasteiger partial charge is 0.267 e. The molecular formula is C24H34Cl3N5O2. The molecule has 1 saturated heterocycles. The molecule has 0 N–H and O–H groups in total. The zero-order chi connectivity index (χ0) is 21.8. The van der Waals surface area contributed by atoms with Gasteiger partial charge in [0.25, 0.3) is 5.56 Å². The summed E-state index contributed by atoms with van der Waals surface area (Å²) in [6, 6.07) is 13.7. The average Bonchev–Trinajstić information content (AvgIpc) is 3.07. The second kappa shape index (κ2) is 13.6. The first kappa shape index (κ1) is 29.8. The van der Waals surface area contributed by atoms with Gasteiger partial charge in [0.05, 0.1) is 7.11 Å². The topological polar surface area (TPSA) is 55.5 Å². The second-order valence-corrected chi connectivity index (χ2v) is 8.10. The van der Waals surface area contributed by atoms with Crippen molar-refractivity contribution in [2.24, 2.45) is 0 Å². The third-order valence-electron chi connectivity index (χ3n) is 5.92. The van der Waals surface area contributed by atoms with Gasteiger partial charge in [-0.1, -0.05) is 12.1 Å². The van der Waals surface area contributed by atoms with Gasteiger partial charge in [0, 0.05) is 57.2 Å². The maximum atomic E-state index is 12.6. The Morgan fingerprint density at radius 1 is 0.941 bits per heavy atom. The van der Waals surface area contributed by atoms with Gasteiger partial charge in [0.1, 0.15) is 17.3 Å². The number of para-hydroxylation sites is 2. The first-order chi connectivity index (χ1) is 15.1. The van der Waals surface area contributed by atoms with Crippen molar-refractivity contribution in [1.82, 2.24) is 19.2 Å². The van der Waals surface area contributed by atoms with Crippen LogP contribution < -0.4 is 15.2 Å². The highest BCUT2D eigenvalue weighted by molar-refractivity contribution is 5.86. The van der Waals surface area contributed by atoms with Crippen molar-refractivity contribution < 1.29 is 4.74 Å². The minimum atomic E-state index is 0. The Labute approximate surface area is 219 Å². The SMILES string of the molecule is COc1ccccc1-n1c(C)cc(=O)n1CCCN1CCN(c2cc(C)ccn2)CC1.Cl.Cl.Cl. The Bertz CT molecular complexity index is 1090. The van der Waals surface area contributed by atoms with Gasteiger partial charge in [0.2, 0.25) is 0 Å². The van der Waals surface area contributed by atoms with E-state index in [1.165, 1.54) is 5.56 Å². The van der Waals surface area contributed by atoms with Crippen LogP contribution in [-0.2, 0) is 6.54 Å². The molecule has 0 spiro atoms. The van der Waals surface area contributed by atoms with E-state index in [-0.39, 0.29) is 42.8 Å². The average molecular weight is 531 g/mol. The molecule has 10 heteroatoms. The van der Waals surface area contributed by atoms with Gasteiger partial charge in [-0.15, -0.1) is 37.2 Å². The summed E-state index contributed by atoms with van der Waals surface area (Å²) >= 11 is 0. The molecule has 0 radical (unpaired) electrons. The molecule has 0 unspecified atom stereocenters. The number of halogens is 3. The Morgan fingerprint density at radius 3 is 2.32 bits per heavy atom. The first-order valence-corrected chi connectivity index (χ1v) is 10.9. The van der Waals surface area contributed by atoms with Crippen LogP contribution in [0.2, 0.25) is 0 Å². The van der Waals surface area contributed by atoms with Crippen LogP contribution in [0.15, 0.2) is 53.5 Å². The summed E-state index contributed by atoms with van der Waals surface area (Å²) in [6.45, 7) is 9.69. The summed E-state index contributed by atoms with van der Waals surface area (Å²) in [6.07, 6.45) is 2.80. The van der Waals surface area contributed by atoms with Crippen LogP contribution in [0.5, 0.6) is 5.75 Å². The molecule has 0 saturated carbocycles.